The Balaban J connectivity index is 1.85. The molecule has 4 nitrogen and oxygen atoms in total. The van der Waals surface area contributed by atoms with E-state index in [4.69, 9.17) is 0 Å². The number of aryl methyl sites for hydroxylation is 4. The van der Waals surface area contributed by atoms with Crippen LogP contribution in [-0.4, -0.2) is 23.8 Å². The standard InChI is InChI=1S/C28H28N2O2/c1-18-11-12-20(3)24(15-18)30-27(31)25(23-14-13-19(2)21(4)16-23)26(28(30)32)29(5)17-22-9-7-6-8-10-22/h6-16H,17H2,1-5H3. The fraction of sp³-hybridized carbons (Fsp3) is 0.214. The molecule has 0 aromatic heterocycles. The summed E-state index contributed by atoms with van der Waals surface area (Å²) in [7, 11) is 1.88. The van der Waals surface area contributed by atoms with Crippen LogP contribution in [0, 0.1) is 27.7 Å². The lowest BCUT2D eigenvalue weighted by Crippen LogP contribution is -2.34. The quantitative estimate of drug-likeness (QED) is 0.519. The lowest BCUT2D eigenvalue weighted by atomic mass is 9.99. The van der Waals surface area contributed by atoms with Crippen molar-refractivity contribution in [2.24, 2.45) is 0 Å². The number of carbonyl (C=O) groups excluding carboxylic acids is 2. The van der Waals surface area contributed by atoms with Crippen LogP contribution in [0.25, 0.3) is 5.57 Å². The summed E-state index contributed by atoms with van der Waals surface area (Å²) < 4.78 is 0. The summed E-state index contributed by atoms with van der Waals surface area (Å²) in [5.74, 6) is -0.558. The first-order chi connectivity index (χ1) is 15.3. The number of benzene rings is 3. The molecule has 0 fully saturated rings. The van der Waals surface area contributed by atoms with Crippen LogP contribution >= 0.6 is 0 Å². The van der Waals surface area contributed by atoms with E-state index in [1.54, 1.807) is 0 Å². The van der Waals surface area contributed by atoms with Crippen molar-refractivity contribution in [3.8, 4) is 0 Å². The van der Waals surface area contributed by atoms with Crippen LogP contribution in [-0.2, 0) is 16.1 Å². The third-order valence-electron chi connectivity index (χ3n) is 6.10. The Morgan fingerprint density at radius 2 is 1.44 bits per heavy atom. The van der Waals surface area contributed by atoms with Gasteiger partial charge in [-0.05, 0) is 67.1 Å². The SMILES string of the molecule is Cc1ccc(C)c(N2C(=O)C(c3ccc(C)c(C)c3)=C(N(C)Cc3ccccc3)C2=O)c1. The van der Waals surface area contributed by atoms with E-state index >= 15 is 0 Å². The topological polar surface area (TPSA) is 40.6 Å². The highest BCUT2D eigenvalue weighted by molar-refractivity contribution is 6.45. The van der Waals surface area contributed by atoms with E-state index in [9.17, 15) is 9.59 Å². The van der Waals surface area contributed by atoms with E-state index in [1.165, 1.54) is 4.90 Å². The van der Waals surface area contributed by atoms with Crippen LogP contribution in [0.3, 0.4) is 0 Å². The third kappa shape index (κ3) is 3.84. The molecule has 1 aliphatic rings. The number of amides is 2. The molecule has 0 saturated carbocycles. The summed E-state index contributed by atoms with van der Waals surface area (Å²) in [6, 6.07) is 21.8. The van der Waals surface area contributed by atoms with Gasteiger partial charge in [0.15, 0.2) is 0 Å². The van der Waals surface area contributed by atoms with Crippen molar-refractivity contribution >= 4 is 23.1 Å². The molecule has 2 amide bonds. The Morgan fingerprint density at radius 3 is 2.12 bits per heavy atom. The van der Waals surface area contributed by atoms with Gasteiger partial charge in [-0.15, -0.1) is 0 Å². The zero-order chi connectivity index (χ0) is 23.0. The summed E-state index contributed by atoms with van der Waals surface area (Å²) in [4.78, 5) is 30.7. The van der Waals surface area contributed by atoms with Gasteiger partial charge in [-0.3, -0.25) is 9.59 Å². The normalized spacial score (nSPS) is 13.8. The number of likely N-dealkylation sites (N-methyl/N-ethyl adjacent to an activating group) is 1. The van der Waals surface area contributed by atoms with Crippen LogP contribution in [0.5, 0.6) is 0 Å². The first-order valence-electron chi connectivity index (χ1n) is 10.8. The zero-order valence-corrected chi connectivity index (χ0v) is 19.3. The Kier molecular flexibility index (Phi) is 5.70. The van der Waals surface area contributed by atoms with Crippen molar-refractivity contribution in [2.75, 3.05) is 11.9 Å². The summed E-state index contributed by atoms with van der Waals surface area (Å²) in [5, 5.41) is 0. The van der Waals surface area contributed by atoms with Gasteiger partial charge in [-0.2, -0.15) is 0 Å². The molecule has 0 aliphatic carbocycles. The molecule has 1 aliphatic heterocycles. The van der Waals surface area contributed by atoms with E-state index in [1.807, 2.05) is 106 Å². The van der Waals surface area contributed by atoms with Crippen LogP contribution < -0.4 is 4.90 Å². The third-order valence-corrected chi connectivity index (χ3v) is 6.10. The maximum Gasteiger partial charge on any atom is 0.282 e. The van der Waals surface area contributed by atoms with E-state index in [0.29, 0.717) is 23.5 Å². The number of rotatable bonds is 5. The molecule has 0 radical (unpaired) electrons. The Labute approximate surface area is 189 Å². The van der Waals surface area contributed by atoms with Crippen molar-refractivity contribution in [3.05, 3.63) is 106 Å². The van der Waals surface area contributed by atoms with Gasteiger partial charge in [0.1, 0.15) is 5.70 Å². The molecule has 3 aromatic rings. The molecule has 3 aromatic carbocycles. The van der Waals surface area contributed by atoms with Crippen LogP contribution in [0.2, 0.25) is 0 Å². The van der Waals surface area contributed by atoms with Crippen molar-refractivity contribution in [2.45, 2.75) is 34.2 Å². The maximum absolute atomic E-state index is 13.8. The van der Waals surface area contributed by atoms with Gasteiger partial charge in [0, 0.05) is 13.6 Å². The van der Waals surface area contributed by atoms with Gasteiger partial charge in [-0.25, -0.2) is 4.90 Å². The van der Waals surface area contributed by atoms with Gasteiger partial charge < -0.3 is 4.90 Å². The molecule has 162 valence electrons. The summed E-state index contributed by atoms with van der Waals surface area (Å²) in [6.45, 7) is 8.49. The zero-order valence-electron chi connectivity index (χ0n) is 19.3. The molecule has 32 heavy (non-hydrogen) atoms. The first kappa shape index (κ1) is 21.6. The second kappa shape index (κ2) is 8.46. The van der Waals surface area contributed by atoms with Gasteiger partial charge in [0.25, 0.3) is 11.8 Å². The summed E-state index contributed by atoms with van der Waals surface area (Å²) in [6.07, 6.45) is 0. The molecular weight excluding hydrogens is 396 g/mol. The number of nitrogens with zero attached hydrogens (tertiary/aromatic N) is 2. The van der Waals surface area contributed by atoms with E-state index < -0.39 is 0 Å². The number of hydrogen-bond acceptors (Lipinski definition) is 3. The fourth-order valence-corrected chi connectivity index (χ4v) is 4.14. The number of hydrogen-bond donors (Lipinski definition) is 0. The minimum Gasteiger partial charge on any atom is -0.365 e. The molecule has 0 spiro atoms. The molecule has 0 N–H and O–H groups in total. The van der Waals surface area contributed by atoms with E-state index in [2.05, 4.69) is 0 Å². The highest BCUT2D eigenvalue weighted by atomic mass is 16.2. The van der Waals surface area contributed by atoms with E-state index in [-0.39, 0.29) is 11.8 Å². The van der Waals surface area contributed by atoms with Crippen molar-refractivity contribution in [1.82, 2.24) is 4.90 Å². The van der Waals surface area contributed by atoms with Crippen molar-refractivity contribution < 1.29 is 9.59 Å². The van der Waals surface area contributed by atoms with Crippen LogP contribution in [0.4, 0.5) is 5.69 Å². The largest absolute Gasteiger partial charge is 0.365 e. The number of imide groups is 1. The molecule has 0 atom stereocenters. The molecule has 0 unspecified atom stereocenters. The average molecular weight is 425 g/mol. The maximum atomic E-state index is 13.8. The second-order valence-electron chi connectivity index (χ2n) is 8.60. The molecule has 4 heteroatoms. The average Bonchev–Trinajstić information content (AvgIpc) is 3.02. The number of anilines is 1. The van der Waals surface area contributed by atoms with Gasteiger partial charge in [0.05, 0.1) is 11.3 Å². The molecule has 0 saturated heterocycles. The highest BCUT2D eigenvalue weighted by Crippen LogP contribution is 2.37. The Hall–Kier alpha value is -3.66. The predicted octanol–water partition coefficient (Wildman–Crippen LogP) is 5.34. The summed E-state index contributed by atoms with van der Waals surface area (Å²) >= 11 is 0. The van der Waals surface area contributed by atoms with Crippen LogP contribution in [0.15, 0.2) is 72.4 Å². The second-order valence-corrected chi connectivity index (χ2v) is 8.60. The molecule has 1 heterocycles. The van der Waals surface area contributed by atoms with Crippen molar-refractivity contribution in [3.63, 3.8) is 0 Å². The fourth-order valence-electron chi connectivity index (χ4n) is 4.14. The van der Waals surface area contributed by atoms with Gasteiger partial charge >= 0.3 is 0 Å². The van der Waals surface area contributed by atoms with Crippen LogP contribution in [0.1, 0.15) is 33.4 Å². The van der Waals surface area contributed by atoms with Gasteiger partial charge in [0.2, 0.25) is 0 Å². The van der Waals surface area contributed by atoms with Gasteiger partial charge in [-0.1, -0.05) is 60.7 Å². The smallest absolute Gasteiger partial charge is 0.282 e. The van der Waals surface area contributed by atoms with Crippen molar-refractivity contribution in [1.29, 1.82) is 0 Å². The molecule has 4 rings (SSSR count). The highest BCUT2D eigenvalue weighted by Gasteiger charge is 2.42. The monoisotopic (exact) mass is 424 g/mol. The molecular formula is C28H28N2O2. The lowest BCUT2D eigenvalue weighted by molar-refractivity contribution is -0.120. The van der Waals surface area contributed by atoms with E-state index in [0.717, 1.165) is 33.4 Å². The Bertz CT molecular complexity index is 1240. The predicted molar refractivity (Wildman–Crippen MR) is 129 cm³/mol. The summed E-state index contributed by atoms with van der Waals surface area (Å²) in [5.41, 5.74) is 7.52. The number of carbonyl (C=O) groups is 2. The first-order valence-corrected chi connectivity index (χ1v) is 10.8. The minimum atomic E-state index is -0.282. The minimum absolute atomic E-state index is 0.276. The lowest BCUT2D eigenvalue weighted by Gasteiger charge is -2.22. The molecule has 0 bridgehead atoms. The Morgan fingerprint density at radius 1 is 0.750 bits per heavy atom.